The van der Waals surface area contributed by atoms with Crippen molar-refractivity contribution in [1.82, 2.24) is 5.32 Å². The van der Waals surface area contributed by atoms with Crippen LogP contribution in [0.15, 0.2) is 0 Å². The van der Waals surface area contributed by atoms with Crippen LogP contribution in [-0.2, 0) is 4.79 Å². The lowest BCUT2D eigenvalue weighted by atomic mass is 9.64. The van der Waals surface area contributed by atoms with Gasteiger partial charge in [-0.1, -0.05) is 13.8 Å². The third kappa shape index (κ3) is 1.96. The first-order valence-corrected chi connectivity index (χ1v) is 6.15. The second-order valence-electron chi connectivity index (χ2n) is 5.90. The van der Waals surface area contributed by atoms with Crippen LogP contribution in [-0.4, -0.2) is 29.2 Å². The number of carbonyl (C=O) groups excluding carboxylic acids is 1. The van der Waals surface area contributed by atoms with Crippen molar-refractivity contribution in [2.75, 3.05) is 0 Å². The molecule has 92 valence electrons. The van der Waals surface area contributed by atoms with Crippen molar-refractivity contribution in [3.05, 3.63) is 0 Å². The highest BCUT2D eigenvalue weighted by Crippen LogP contribution is 2.40. The van der Waals surface area contributed by atoms with E-state index in [4.69, 9.17) is 5.73 Å². The van der Waals surface area contributed by atoms with Gasteiger partial charge >= 0.3 is 0 Å². The number of amides is 1. The Morgan fingerprint density at radius 1 is 1.38 bits per heavy atom. The van der Waals surface area contributed by atoms with Crippen molar-refractivity contribution in [3.63, 3.8) is 0 Å². The van der Waals surface area contributed by atoms with Crippen molar-refractivity contribution >= 4 is 5.91 Å². The van der Waals surface area contributed by atoms with E-state index in [0.29, 0.717) is 6.42 Å². The van der Waals surface area contributed by atoms with Crippen LogP contribution >= 0.6 is 0 Å². The Balaban J connectivity index is 1.85. The number of carbonyl (C=O) groups is 1. The molecule has 0 aromatic carbocycles. The molecule has 2 rings (SSSR count). The van der Waals surface area contributed by atoms with Gasteiger partial charge in [-0.15, -0.1) is 0 Å². The Kier molecular flexibility index (Phi) is 2.97. The number of nitrogens with two attached hydrogens (primary N) is 1. The Morgan fingerprint density at radius 3 is 2.50 bits per heavy atom. The molecule has 0 aliphatic heterocycles. The molecule has 2 saturated carbocycles. The average Bonchev–Trinajstić information content (AvgIpc) is 2.64. The Labute approximate surface area is 96.6 Å². The summed E-state index contributed by atoms with van der Waals surface area (Å²) in [7, 11) is 0. The first kappa shape index (κ1) is 11.9. The number of hydrogen-bond acceptors (Lipinski definition) is 3. The Hall–Kier alpha value is -0.610. The minimum Gasteiger partial charge on any atom is -0.392 e. The lowest BCUT2D eigenvalue weighted by molar-refractivity contribution is -0.132. The number of aliphatic hydroxyl groups is 1. The van der Waals surface area contributed by atoms with Gasteiger partial charge < -0.3 is 16.2 Å². The van der Waals surface area contributed by atoms with Crippen LogP contribution in [0.1, 0.15) is 39.5 Å². The molecule has 4 N–H and O–H groups in total. The maximum Gasteiger partial charge on any atom is 0.223 e. The molecule has 0 aromatic rings. The molecule has 2 fully saturated rings. The molecular formula is C12H22N2O2. The van der Waals surface area contributed by atoms with Gasteiger partial charge in [-0.2, -0.15) is 0 Å². The fraction of sp³-hybridized carbons (Fsp3) is 0.917. The molecule has 0 aromatic heterocycles. The smallest absolute Gasteiger partial charge is 0.223 e. The highest BCUT2D eigenvalue weighted by molar-refractivity contribution is 5.79. The van der Waals surface area contributed by atoms with E-state index in [1.165, 1.54) is 0 Å². The van der Waals surface area contributed by atoms with E-state index in [1.54, 1.807) is 0 Å². The standard InChI is InChI=1S/C12H22N2O2/c1-12(2)9(6-10(12)15)14-11(16)7-3-4-8(13)5-7/h7-10,15H,3-6,13H2,1-2H3,(H,14,16). The third-order valence-corrected chi connectivity index (χ3v) is 4.38. The molecule has 0 saturated heterocycles. The molecule has 16 heavy (non-hydrogen) atoms. The summed E-state index contributed by atoms with van der Waals surface area (Å²) in [6.07, 6.45) is 3.06. The topological polar surface area (TPSA) is 75.3 Å². The zero-order valence-corrected chi connectivity index (χ0v) is 10.1. The summed E-state index contributed by atoms with van der Waals surface area (Å²) in [5, 5.41) is 12.6. The minimum absolute atomic E-state index is 0.0866. The normalized spacial score (nSPS) is 41.5. The second-order valence-corrected chi connectivity index (χ2v) is 5.90. The van der Waals surface area contributed by atoms with Crippen LogP contribution in [0.2, 0.25) is 0 Å². The summed E-state index contributed by atoms with van der Waals surface area (Å²) in [6, 6.07) is 0.308. The number of nitrogens with one attached hydrogen (secondary N) is 1. The largest absolute Gasteiger partial charge is 0.392 e. The molecule has 2 aliphatic rings. The lowest BCUT2D eigenvalue weighted by Crippen LogP contribution is -2.61. The van der Waals surface area contributed by atoms with E-state index < -0.39 is 0 Å². The molecule has 0 heterocycles. The summed E-state index contributed by atoms with van der Waals surface area (Å²) < 4.78 is 0. The molecule has 0 spiro atoms. The summed E-state index contributed by atoms with van der Waals surface area (Å²) in [6.45, 7) is 3.99. The fourth-order valence-corrected chi connectivity index (χ4v) is 2.69. The Bertz CT molecular complexity index is 291. The fourth-order valence-electron chi connectivity index (χ4n) is 2.69. The number of hydrogen-bond donors (Lipinski definition) is 3. The molecule has 1 amide bonds. The summed E-state index contributed by atoms with van der Waals surface area (Å²) in [4.78, 5) is 11.9. The number of rotatable bonds is 2. The zero-order valence-electron chi connectivity index (χ0n) is 10.1. The van der Waals surface area contributed by atoms with Gasteiger partial charge in [0, 0.05) is 23.4 Å². The van der Waals surface area contributed by atoms with E-state index in [-0.39, 0.29) is 35.4 Å². The quantitative estimate of drug-likeness (QED) is 0.637. The van der Waals surface area contributed by atoms with Gasteiger partial charge in [0.05, 0.1) is 6.10 Å². The van der Waals surface area contributed by atoms with Crippen molar-refractivity contribution in [2.24, 2.45) is 17.1 Å². The Morgan fingerprint density at radius 2 is 2.06 bits per heavy atom. The predicted octanol–water partition coefficient (Wildman–Crippen LogP) is 0.389. The summed E-state index contributed by atoms with van der Waals surface area (Å²) in [5.41, 5.74) is 5.61. The lowest BCUT2D eigenvalue weighted by Gasteiger charge is -2.49. The number of aliphatic hydroxyl groups excluding tert-OH is 1. The van der Waals surface area contributed by atoms with E-state index in [2.05, 4.69) is 5.32 Å². The monoisotopic (exact) mass is 226 g/mol. The second kappa shape index (κ2) is 4.00. The SMILES string of the molecule is CC1(C)C(O)CC1NC(=O)C1CCC(N)C1. The van der Waals surface area contributed by atoms with Crippen LogP contribution in [0.25, 0.3) is 0 Å². The van der Waals surface area contributed by atoms with Crippen LogP contribution in [0.4, 0.5) is 0 Å². The highest BCUT2D eigenvalue weighted by atomic mass is 16.3. The summed E-state index contributed by atoms with van der Waals surface area (Å²) >= 11 is 0. The van der Waals surface area contributed by atoms with Crippen LogP contribution in [0.3, 0.4) is 0 Å². The maximum atomic E-state index is 11.9. The average molecular weight is 226 g/mol. The van der Waals surface area contributed by atoms with Gasteiger partial charge in [0.25, 0.3) is 0 Å². The van der Waals surface area contributed by atoms with Gasteiger partial charge in [-0.25, -0.2) is 0 Å². The van der Waals surface area contributed by atoms with Gasteiger partial charge in [-0.05, 0) is 25.7 Å². The van der Waals surface area contributed by atoms with Gasteiger partial charge in [0.15, 0.2) is 0 Å². The molecule has 4 unspecified atom stereocenters. The van der Waals surface area contributed by atoms with Crippen LogP contribution < -0.4 is 11.1 Å². The van der Waals surface area contributed by atoms with E-state index in [0.717, 1.165) is 19.3 Å². The van der Waals surface area contributed by atoms with E-state index in [9.17, 15) is 9.90 Å². The molecule has 0 bridgehead atoms. The van der Waals surface area contributed by atoms with E-state index >= 15 is 0 Å². The molecular weight excluding hydrogens is 204 g/mol. The van der Waals surface area contributed by atoms with Gasteiger partial charge in [-0.3, -0.25) is 4.79 Å². The molecule has 4 atom stereocenters. The van der Waals surface area contributed by atoms with Crippen molar-refractivity contribution in [3.8, 4) is 0 Å². The minimum atomic E-state index is -0.288. The predicted molar refractivity (Wildman–Crippen MR) is 61.7 cm³/mol. The molecule has 0 radical (unpaired) electrons. The third-order valence-electron chi connectivity index (χ3n) is 4.38. The van der Waals surface area contributed by atoms with Gasteiger partial charge in [0.1, 0.15) is 0 Å². The van der Waals surface area contributed by atoms with Crippen molar-refractivity contribution in [2.45, 2.75) is 57.7 Å². The molecule has 4 nitrogen and oxygen atoms in total. The van der Waals surface area contributed by atoms with E-state index in [1.807, 2.05) is 13.8 Å². The molecule has 2 aliphatic carbocycles. The van der Waals surface area contributed by atoms with Crippen molar-refractivity contribution < 1.29 is 9.90 Å². The highest BCUT2D eigenvalue weighted by Gasteiger charge is 2.48. The van der Waals surface area contributed by atoms with Gasteiger partial charge in [0.2, 0.25) is 5.91 Å². The zero-order chi connectivity index (χ0) is 11.9. The van der Waals surface area contributed by atoms with Crippen molar-refractivity contribution in [1.29, 1.82) is 0 Å². The summed E-state index contributed by atoms with van der Waals surface area (Å²) in [5.74, 6) is 0.210. The van der Waals surface area contributed by atoms with Crippen LogP contribution in [0, 0.1) is 11.3 Å². The maximum absolute atomic E-state index is 11.9. The molecule has 4 heteroatoms. The first-order valence-electron chi connectivity index (χ1n) is 6.15. The van der Waals surface area contributed by atoms with Crippen LogP contribution in [0.5, 0.6) is 0 Å². The first-order chi connectivity index (χ1) is 7.41.